The molecule has 0 aliphatic rings. The number of carbonyl (C=O) groups excluding carboxylic acids is 1. The van der Waals surface area contributed by atoms with E-state index >= 15 is 0 Å². The summed E-state index contributed by atoms with van der Waals surface area (Å²) in [5, 5.41) is 2.81. The molecule has 1 heterocycles. The van der Waals surface area contributed by atoms with E-state index in [-0.39, 0.29) is 11.5 Å². The molecule has 2 rings (SSSR count). The number of nitrogens with one attached hydrogen (secondary N) is 2. The summed E-state index contributed by atoms with van der Waals surface area (Å²) >= 11 is 0. The Balaban J connectivity index is 1.91. The van der Waals surface area contributed by atoms with Crippen LogP contribution in [-0.2, 0) is 6.42 Å². The van der Waals surface area contributed by atoms with Gasteiger partial charge in [0.2, 0.25) is 5.56 Å². The van der Waals surface area contributed by atoms with Crippen molar-refractivity contribution in [3.05, 3.63) is 69.6 Å². The summed E-state index contributed by atoms with van der Waals surface area (Å²) < 4.78 is 0. The first-order valence-corrected chi connectivity index (χ1v) is 6.18. The lowest BCUT2D eigenvalue weighted by Gasteiger charge is -2.07. The summed E-state index contributed by atoms with van der Waals surface area (Å²) in [4.78, 5) is 25.4. The molecule has 0 radical (unpaired) electrons. The van der Waals surface area contributed by atoms with Gasteiger partial charge in [0.25, 0.3) is 5.91 Å². The van der Waals surface area contributed by atoms with Crippen molar-refractivity contribution in [2.24, 2.45) is 0 Å². The van der Waals surface area contributed by atoms with Gasteiger partial charge in [-0.25, -0.2) is 0 Å². The molecule has 0 aliphatic carbocycles. The fourth-order valence-corrected chi connectivity index (χ4v) is 1.89. The standard InChI is InChI=1S/C15H16N2O2/c1-11-4-2-3-5-12(11)6-9-17-15(19)13-7-8-16-14(18)10-13/h2-5,7-8,10H,6,9H2,1H3,(H,16,18)(H,17,19). The van der Waals surface area contributed by atoms with Crippen molar-refractivity contribution in [1.82, 2.24) is 10.3 Å². The molecule has 19 heavy (non-hydrogen) atoms. The molecule has 0 aliphatic heterocycles. The lowest BCUT2D eigenvalue weighted by atomic mass is 10.1. The minimum absolute atomic E-state index is 0.223. The van der Waals surface area contributed by atoms with E-state index < -0.39 is 0 Å². The summed E-state index contributed by atoms with van der Waals surface area (Å²) in [6.07, 6.45) is 2.25. The summed E-state index contributed by atoms with van der Waals surface area (Å²) in [5.74, 6) is -0.223. The molecule has 2 aromatic rings. The van der Waals surface area contributed by atoms with Crippen molar-refractivity contribution in [3.63, 3.8) is 0 Å². The zero-order chi connectivity index (χ0) is 13.7. The highest BCUT2D eigenvalue weighted by Gasteiger charge is 2.05. The van der Waals surface area contributed by atoms with Gasteiger partial charge in [-0.05, 0) is 30.5 Å². The van der Waals surface area contributed by atoms with Crippen molar-refractivity contribution in [1.29, 1.82) is 0 Å². The van der Waals surface area contributed by atoms with E-state index in [1.54, 1.807) is 6.07 Å². The van der Waals surface area contributed by atoms with E-state index in [0.717, 1.165) is 6.42 Å². The molecule has 2 N–H and O–H groups in total. The van der Waals surface area contributed by atoms with Crippen LogP contribution in [0.5, 0.6) is 0 Å². The minimum Gasteiger partial charge on any atom is -0.352 e. The number of aromatic nitrogens is 1. The number of pyridine rings is 1. The third-order valence-electron chi connectivity index (χ3n) is 2.98. The number of rotatable bonds is 4. The maximum Gasteiger partial charge on any atom is 0.251 e. The Hall–Kier alpha value is -2.36. The zero-order valence-electron chi connectivity index (χ0n) is 10.8. The highest BCUT2D eigenvalue weighted by atomic mass is 16.2. The number of benzene rings is 1. The molecule has 1 amide bonds. The van der Waals surface area contributed by atoms with Crippen LogP contribution in [0.25, 0.3) is 0 Å². The van der Waals surface area contributed by atoms with Crippen LogP contribution in [0.3, 0.4) is 0 Å². The predicted molar refractivity (Wildman–Crippen MR) is 74.3 cm³/mol. The summed E-state index contributed by atoms with van der Waals surface area (Å²) in [6.45, 7) is 2.60. The molecule has 0 spiro atoms. The smallest absolute Gasteiger partial charge is 0.251 e. The summed E-state index contributed by atoms with van der Waals surface area (Å²) in [5.41, 5.74) is 2.54. The molecule has 4 heteroatoms. The molecule has 1 aromatic carbocycles. The number of hydrogen-bond donors (Lipinski definition) is 2. The highest BCUT2D eigenvalue weighted by molar-refractivity contribution is 5.93. The van der Waals surface area contributed by atoms with Gasteiger partial charge in [0.15, 0.2) is 0 Å². The van der Waals surface area contributed by atoms with E-state index in [9.17, 15) is 9.59 Å². The lowest BCUT2D eigenvalue weighted by Crippen LogP contribution is -2.26. The second-order valence-electron chi connectivity index (χ2n) is 4.37. The fourth-order valence-electron chi connectivity index (χ4n) is 1.89. The maximum absolute atomic E-state index is 11.8. The Labute approximate surface area is 111 Å². The molecule has 1 aromatic heterocycles. The van der Waals surface area contributed by atoms with Gasteiger partial charge in [0.1, 0.15) is 0 Å². The Bertz CT molecular complexity index is 632. The van der Waals surface area contributed by atoms with Crippen LogP contribution < -0.4 is 10.9 Å². The van der Waals surface area contributed by atoms with Gasteiger partial charge in [0.05, 0.1) is 0 Å². The van der Waals surface area contributed by atoms with Gasteiger partial charge in [-0.2, -0.15) is 0 Å². The molecule has 0 saturated carbocycles. The second kappa shape index (κ2) is 6.00. The normalized spacial score (nSPS) is 10.2. The van der Waals surface area contributed by atoms with E-state index in [2.05, 4.69) is 16.4 Å². The van der Waals surface area contributed by atoms with Gasteiger partial charge in [-0.3, -0.25) is 9.59 Å². The monoisotopic (exact) mass is 256 g/mol. The molecule has 0 bridgehead atoms. The quantitative estimate of drug-likeness (QED) is 0.873. The van der Waals surface area contributed by atoms with Crippen molar-refractivity contribution >= 4 is 5.91 Å². The second-order valence-corrected chi connectivity index (χ2v) is 4.37. The molecule has 0 fully saturated rings. The molecule has 0 saturated heterocycles. The number of H-pyrrole nitrogens is 1. The Morgan fingerprint density at radius 2 is 2.05 bits per heavy atom. The Morgan fingerprint density at radius 3 is 2.79 bits per heavy atom. The van der Waals surface area contributed by atoms with Gasteiger partial charge in [-0.15, -0.1) is 0 Å². The molecule has 0 atom stereocenters. The first-order valence-electron chi connectivity index (χ1n) is 6.18. The SMILES string of the molecule is Cc1ccccc1CCNC(=O)c1cc[nH]c(=O)c1. The van der Waals surface area contributed by atoms with Crippen LogP contribution in [0.1, 0.15) is 21.5 Å². The number of aromatic amines is 1. The highest BCUT2D eigenvalue weighted by Crippen LogP contribution is 2.06. The van der Waals surface area contributed by atoms with Crippen LogP contribution in [-0.4, -0.2) is 17.4 Å². The largest absolute Gasteiger partial charge is 0.352 e. The van der Waals surface area contributed by atoms with E-state index in [0.29, 0.717) is 12.1 Å². The summed E-state index contributed by atoms with van der Waals surface area (Å²) in [6, 6.07) is 11.0. The molecule has 0 unspecified atom stereocenters. The third kappa shape index (κ3) is 3.55. The third-order valence-corrected chi connectivity index (χ3v) is 2.98. The van der Waals surface area contributed by atoms with Crippen molar-refractivity contribution < 1.29 is 4.79 Å². The van der Waals surface area contributed by atoms with E-state index in [1.807, 2.05) is 25.1 Å². The van der Waals surface area contributed by atoms with E-state index in [1.165, 1.54) is 23.4 Å². The fraction of sp³-hybridized carbons (Fsp3) is 0.200. The molecular formula is C15H16N2O2. The lowest BCUT2D eigenvalue weighted by molar-refractivity contribution is 0.0954. The maximum atomic E-state index is 11.8. The topological polar surface area (TPSA) is 62.0 Å². The van der Waals surface area contributed by atoms with E-state index in [4.69, 9.17) is 0 Å². The predicted octanol–water partition coefficient (Wildman–Crippen LogP) is 1.66. The summed E-state index contributed by atoms with van der Waals surface area (Å²) in [7, 11) is 0. The average molecular weight is 256 g/mol. The zero-order valence-corrected chi connectivity index (χ0v) is 10.8. The Morgan fingerprint density at radius 1 is 1.26 bits per heavy atom. The van der Waals surface area contributed by atoms with Crippen molar-refractivity contribution in [2.75, 3.05) is 6.54 Å². The van der Waals surface area contributed by atoms with Crippen LogP contribution >= 0.6 is 0 Å². The minimum atomic E-state index is -0.272. The van der Waals surface area contributed by atoms with Crippen LogP contribution in [0.4, 0.5) is 0 Å². The number of carbonyl (C=O) groups is 1. The number of hydrogen-bond acceptors (Lipinski definition) is 2. The van der Waals surface area contributed by atoms with Gasteiger partial charge >= 0.3 is 0 Å². The van der Waals surface area contributed by atoms with Crippen molar-refractivity contribution in [3.8, 4) is 0 Å². The molecule has 4 nitrogen and oxygen atoms in total. The van der Waals surface area contributed by atoms with Crippen LogP contribution in [0, 0.1) is 6.92 Å². The van der Waals surface area contributed by atoms with Gasteiger partial charge in [-0.1, -0.05) is 24.3 Å². The number of amides is 1. The molecule has 98 valence electrons. The van der Waals surface area contributed by atoms with Crippen molar-refractivity contribution in [2.45, 2.75) is 13.3 Å². The average Bonchev–Trinajstić information content (AvgIpc) is 2.41. The first kappa shape index (κ1) is 13.1. The Kier molecular flexibility index (Phi) is 4.13. The first-order chi connectivity index (χ1) is 9.16. The van der Waals surface area contributed by atoms with Gasteiger partial charge in [0, 0.05) is 24.4 Å². The van der Waals surface area contributed by atoms with Gasteiger partial charge < -0.3 is 10.3 Å². The molecular weight excluding hydrogens is 240 g/mol. The number of aryl methyl sites for hydroxylation is 1. The van der Waals surface area contributed by atoms with Crippen LogP contribution in [0.15, 0.2) is 47.4 Å². The van der Waals surface area contributed by atoms with Crippen LogP contribution in [0.2, 0.25) is 0 Å².